The number of nitrogens with one attached hydrogen (secondary N) is 2. The Balaban J connectivity index is 1.22. The minimum absolute atomic E-state index is 0.0225. The quantitative estimate of drug-likeness (QED) is 0.268. The topological polar surface area (TPSA) is 169 Å². The second-order valence-electron chi connectivity index (χ2n) is 12.6. The molecule has 3 aliphatic heterocycles. The summed E-state index contributed by atoms with van der Waals surface area (Å²) < 4.78 is 54.0. The molecule has 1 spiro atoms. The standard InChI is InChI=1S/C34H32ClF3N8O6/c1-44-30(19-6-13-51-14-7-19)43-46(17-26(48)40-23-5-4-21(16-22(23)35)34(36,37)38)31(49)27-24(42-44)18-52-33(27)8-11-45(12-9-33)32(50)28-25(47)15-20-3-2-10-39-29(20)41-28/h2-6,10,15-16,42,47H,7-9,11-14,17-18H2,1H3,(H,40,48). The predicted molar refractivity (Wildman–Crippen MR) is 181 cm³/mol. The molecule has 0 unspecified atom stereocenters. The van der Waals surface area contributed by atoms with E-state index in [1.165, 1.54) is 17.2 Å². The van der Waals surface area contributed by atoms with Crippen molar-refractivity contribution in [3.8, 4) is 5.75 Å². The summed E-state index contributed by atoms with van der Waals surface area (Å²) in [6, 6.07) is 7.38. The molecule has 3 aliphatic rings. The van der Waals surface area contributed by atoms with E-state index in [0.29, 0.717) is 48.3 Å². The highest BCUT2D eigenvalue weighted by molar-refractivity contribution is 6.33. The fourth-order valence-corrected chi connectivity index (χ4v) is 6.88. The first-order valence-electron chi connectivity index (χ1n) is 16.3. The average Bonchev–Trinajstić information content (AvgIpc) is 3.45. The third kappa shape index (κ3) is 6.73. The molecule has 1 aromatic carbocycles. The lowest BCUT2D eigenvalue weighted by atomic mass is 9.85. The number of alkyl halides is 3. The highest BCUT2D eigenvalue weighted by atomic mass is 35.5. The zero-order valence-corrected chi connectivity index (χ0v) is 28.4. The molecule has 7 rings (SSSR count). The van der Waals surface area contributed by atoms with Gasteiger partial charge in [-0.2, -0.15) is 13.2 Å². The lowest BCUT2D eigenvalue weighted by Gasteiger charge is -2.38. The SMILES string of the molecule is Cn1[nH]c2c(c(=O)n(CC(=O)Nc3ccc(C(F)(F)F)cc3Cl)nc1C1=CCOCC1)C1(CCN(C(=O)c3nc4ncccc4cc3O)CC1)OC2. The van der Waals surface area contributed by atoms with Crippen LogP contribution in [0.3, 0.4) is 0 Å². The molecular formula is C34H32ClF3N8O6. The Morgan fingerprint density at radius 2 is 1.96 bits per heavy atom. The molecule has 0 aliphatic carbocycles. The van der Waals surface area contributed by atoms with E-state index >= 15 is 0 Å². The van der Waals surface area contributed by atoms with E-state index in [2.05, 4.69) is 25.5 Å². The summed E-state index contributed by atoms with van der Waals surface area (Å²) in [5.41, 5.74) is -1.25. The molecule has 14 nitrogen and oxygen atoms in total. The van der Waals surface area contributed by atoms with E-state index in [0.717, 1.165) is 22.4 Å². The van der Waals surface area contributed by atoms with Gasteiger partial charge in [-0.15, -0.1) is 5.10 Å². The fraction of sp³-hybridized carbons (Fsp3) is 0.353. The number of hydrogen-bond acceptors (Lipinski definition) is 9. The minimum Gasteiger partial charge on any atom is -0.505 e. The van der Waals surface area contributed by atoms with Crippen molar-refractivity contribution in [1.29, 1.82) is 0 Å². The molecule has 272 valence electrons. The van der Waals surface area contributed by atoms with Gasteiger partial charge in [-0.05, 0) is 61.2 Å². The predicted octanol–water partition coefficient (Wildman–Crippen LogP) is 4.46. The number of aromatic amines is 1. The number of pyridine rings is 2. The number of ether oxygens (including phenoxy) is 2. The van der Waals surface area contributed by atoms with Crippen molar-refractivity contribution in [2.24, 2.45) is 7.05 Å². The number of carbonyl (C=O) groups is 2. The summed E-state index contributed by atoms with van der Waals surface area (Å²) >= 11 is 6.09. The smallest absolute Gasteiger partial charge is 0.416 e. The van der Waals surface area contributed by atoms with E-state index in [1.807, 2.05) is 6.08 Å². The van der Waals surface area contributed by atoms with E-state index < -0.39 is 41.3 Å². The summed E-state index contributed by atoms with van der Waals surface area (Å²) in [7, 11) is 1.71. The van der Waals surface area contributed by atoms with Gasteiger partial charge in [0.1, 0.15) is 17.9 Å². The number of fused-ring (bicyclic) bond motifs is 3. The Bertz CT molecular complexity index is 2240. The van der Waals surface area contributed by atoms with E-state index in [4.69, 9.17) is 21.1 Å². The Kier molecular flexibility index (Phi) is 9.26. The van der Waals surface area contributed by atoms with Crippen molar-refractivity contribution in [2.45, 2.75) is 44.2 Å². The lowest BCUT2D eigenvalue weighted by Crippen LogP contribution is -2.47. The van der Waals surface area contributed by atoms with Crippen LogP contribution in [0.2, 0.25) is 5.02 Å². The minimum atomic E-state index is -4.63. The van der Waals surface area contributed by atoms with Gasteiger partial charge < -0.3 is 24.8 Å². The Morgan fingerprint density at radius 3 is 2.67 bits per heavy atom. The lowest BCUT2D eigenvalue weighted by molar-refractivity contribution is -0.137. The maximum absolute atomic E-state index is 14.5. The number of rotatable bonds is 5. The van der Waals surface area contributed by atoms with Crippen LogP contribution in [0, 0.1) is 0 Å². The molecule has 0 atom stereocenters. The number of aryl methyl sites for hydroxylation is 1. The number of nitrogens with zero attached hydrogens (tertiary/aromatic N) is 6. The van der Waals surface area contributed by atoms with Crippen LogP contribution < -0.4 is 10.9 Å². The zero-order valence-electron chi connectivity index (χ0n) is 27.7. The molecule has 2 amide bonds. The number of carbonyl (C=O) groups excluding carboxylic acids is 2. The molecule has 4 aromatic rings. The van der Waals surface area contributed by atoms with Gasteiger partial charge in [-0.25, -0.2) is 14.6 Å². The number of amides is 2. The summed E-state index contributed by atoms with van der Waals surface area (Å²) in [6.45, 7) is 0.437. The van der Waals surface area contributed by atoms with Gasteiger partial charge in [-0.3, -0.25) is 24.2 Å². The van der Waals surface area contributed by atoms with Gasteiger partial charge in [-0.1, -0.05) is 17.7 Å². The van der Waals surface area contributed by atoms with E-state index in [9.17, 15) is 32.7 Å². The van der Waals surface area contributed by atoms with Gasteiger partial charge in [0.25, 0.3) is 11.5 Å². The van der Waals surface area contributed by atoms with Crippen LogP contribution in [0.5, 0.6) is 5.75 Å². The first-order chi connectivity index (χ1) is 24.8. The van der Waals surface area contributed by atoms with Crippen molar-refractivity contribution < 1.29 is 37.3 Å². The average molecular weight is 741 g/mol. The van der Waals surface area contributed by atoms with Crippen LogP contribution in [0.1, 0.15) is 52.4 Å². The number of likely N-dealkylation sites (tertiary alicyclic amines) is 1. The number of anilines is 1. The normalized spacial score (nSPS) is 16.8. The van der Waals surface area contributed by atoms with Crippen molar-refractivity contribution in [3.05, 3.63) is 92.4 Å². The largest absolute Gasteiger partial charge is 0.505 e. The molecular weight excluding hydrogens is 709 g/mol. The maximum atomic E-state index is 14.5. The number of halogens is 4. The molecule has 0 bridgehead atoms. The highest BCUT2D eigenvalue weighted by Crippen LogP contribution is 2.42. The number of H-pyrrole nitrogens is 1. The van der Waals surface area contributed by atoms with Crippen LogP contribution in [0.25, 0.3) is 16.6 Å². The van der Waals surface area contributed by atoms with Crippen molar-refractivity contribution in [3.63, 3.8) is 0 Å². The maximum Gasteiger partial charge on any atom is 0.416 e. The number of aromatic nitrogens is 6. The fourth-order valence-electron chi connectivity index (χ4n) is 6.66. The van der Waals surface area contributed by atoms with Crippen molar-refractivity contribution >= 4 is 45.7 Å². The molecule has 0 radical (unpaired) electrons. The van der Waals surface area contributed by atoms with Crippen molar-refractivity contribution in [1.82, 2.24) is 34.4 Å². The van der Waals surface area contributed by atoms with E-state index in [1.54, 1.807) is 23.9 Å². The first-order valence-corrected chi connectivity index (χ1v) is 16.7. The summed E-state index contributed by atoms with van der Waals surface area (Å²) in [4.78, 5) is 51.5. The molecule has 18 heteroatoms. The molecule has 1 saturated heterocycles. The van der Waals surface area contributed by atoms with Crippen LogP contribution in [0.4, 0.5) is 18.9 Å². The van der Waals surface area contributed by atoms with Gasteiger partial charge >= 0.3 is 6.18 Å². The van der Waals surface area contributed by atoms with Crippen LogP contribution in [-0.2, 0) is 46.2 Å². The third-order valence-corrected chi connectivity index (χ3v) is 9.59. The molecule has 0 saturated carbocycles. The van der Waals surface area contributed by atoms with E-state index in [-0.39, 0.29) is 60.3 Å². The number of benzene rings is 1. The zero-order chi connectivity index (χ0) is 36.8. The summed E-state index contributed by atoms with van der Waals surface area (Å²) in [6.07, 6.45) is -0.402. The number of aromatic hydroxyl groups is 1. The number of piperidine rings is 1. The van der Waals surface area contributed by atoms with Crippen LogP contribution >= 0.6 is 11.6 Å². The second-order valence-corrected chi connectivity index (χ2v) is 13.0. The summed E-state index contributed by atoms with van der Waals surface area (Å²) in [5.74, 6) is -1.20. The highest BCUT2D eigenvalue weighted by Gasteiger charge is 2.47. The third-order valence-electron chi connectivity index (χ3n) is 9.28. The molecule has 3 aromatic heterocycles. The van der Waals surface area contributed by atoms with Crippen LogP contribution in [-0.4, -0.2) is 77.7 Å². The van der Waals surface area contributed by atoms with Gasteiger partial charge in [0.2, 0.25) is 5.91 Å². The summed E-state index contributed by atoms with van der Waals surface area (Å²) in [5, 5.41) is 21.2. The molecule has 3 N–H and O–H groups in total. The first kappa shape index (κ1) is 35.2. The van der Waals surface area contributed by atoms with Gasteiger partial charge in [0.05, 0.1) is 47.4 Å². The van der Waals surface area contributed by atoms with Gasteiger partial charge in [0, 0.05) is 31.7 Å². The monoisotopic (exact) mass is 740 g/mol. The Morgan fingerprint density at radius 1 is 1.17 bits per heavy atom. The Labute approximate surface area is 298 Å². The van der Waals surface area contributed by atoms with Crippen LogP contribution in [0.15, 0.2) is 53.5 Å². The molecule has 52 heavy (non-hydrogen) atoms. The molecule has 1 fully saturated rings. The Hall–Kier alpha value is -5.26. The molecule has 6 heterocycles. The van der Waals surface area contributed by atoms with Gasteiger partial charge in [0.15, 0.2) is 17.2 Å². The second kappa shape index (κ2) is 13.7. The van der Waals surface area contributed by atoms with Crippen molar-refractivity contribution in [2.75, 3.05) is 31.6 Å². The number of hydrogen-bond donors (Lipinski definition) is 3.